The molecule has 1 aromatic heterocycles. The number of carbonyl (C=O) groups is 1. The van der Waals surface area contributed by atoms with Crippen LogP contribution < -0.4 is 9.47 Å². The fourth-order valence-corrected chi connectivity index (χ4v) is 3.92. The molecule has 0 saturated carbocycles. The first-order chi connectivity index (χ1) is 16.2. The number of ether oxygens (including phenoxy) is 2. The second-order valence-corrected chi connectivity index (χ2v) is 9.09. The molecule has 0 aliphatic carbocycles. The average molecular weight is 498 g/mol. The number of halogens is 1. The largest absolute Gasteiger partial charge is 0.490 e. The fourth-order valence-electron chi connectivity index (χ4n) is 3.27. The van der Waals surface area contributed by atoms with Crippen molar-refractivity contribution >= 4 is 29.3 Å². The molecule has 0 fully saturated rings. The Morgan fingerprint density at radius 3 is 2.56 bits per heavy atom. The lowest BCUT2D eigenvalue weighted by molar-refractivity contribution is -0.137. The van der Waals surface area contributed by atoms with E-state index in [0.717, 1.165) is 16.8 Å². The van der Waals surface area contributed by atoms with E-state index >= 15 is 0 Å². The van der Waals surface area contributed by atoms with Crippen LogP contribution in [0.25, 0.3) is 0 Å². The van der Waals surface area contributed by atoms with Crippen LogP contribution >= 0.6 is 23.4 Å². The molecule has 1 N–H and O–H groups in total. The number of hydrogen-bond acceptors (Lipinski definition) is 7. The molecule has 0 saturated heterocycles. The number of hydrogen-bond donors (Lipinski definition) is 1. The van der Waals surface area contributed by atoms with E-state index in [2.05, 4.69) is 16.0 Å². The van der Waals surface area contributed by atoms with Gasteiger partial charge in [-0.05, 0) is 47.7 Å². The van der Waals surface area contributed by atoms with Crippen molar-refractivity contribution in [3.8, 4) is 17.6 Å². The Kier molecular flexibility index (Phi) is 8.37. The average Bonchev–Trinajstić information content (AvgIpc) is 2.83. The third-order valence-electron chi connectivity index (χ3n) is 5.28. The highest BCUT2D eigenvalue weighted by atomic mass is 35.5. The zero-order chi connectivity index (χ0) is 24.7. The third kappa shape index (κ3) is 6.19. The van der Waals surface area contributed by atoms with E-state index in [9.17, 15) is 10.1 Å². The molecule has 0 atom stereocenters. The van der Waals surface area contributed by atoms with Gasteiger partial charge in [-0.15, -0.1) is 0 Å². The number of aromatic nitrogens is 2. The molecule has 34 heavy (non-hydrogen) atoms. The highest BCUT2D eigenvalue weighted by molar-refractivity contribution is 7.98. The van der Waals surface area contributed by atoms with E-state index in [1.807, 2.05) is 50.4 Å². The molecule has 0 unspecified atom stereocenters. The van der Waals surface area contributed by atoms with Gasteiger partial charge in [-0.1, -0.05) is 49.3 Å². The van der Waals surface area contributed by atoms with Crippen molar-refractivity contribution in [2.75, 3.05) is 12.9 Å². The number of carboxylic acid groups (broad SMARTS) is 1. The Morgan fingerprint density at radius 2 is 1.91 bits per heavy atom. The number of thioether (sulfide) groups is 1. The van der Waals surface area contributed by atoms with Gasteiger partial charge in [0.25, 0.3) is 0 Å². The lowest BCUT2D eigenvalue weighted by atomic mass is 9.77. The van der Waals surface area contributed by atoms with Crippen molar-refractivity contribution in [3.63, 3.8) is 0 Å². The molecule has 9 heteroatoms. The number of rotatable bonds is 10. The van der Waals surface area contributed by atoms with Crippen LogP contribution in [-0.4, -0.2) is 33.9 Å². The zero-order valence-corrected chi connectivity index (χ0v) is 20.6. The van der Waals surface area contributed by atoms with E-state index in [-0.39, 0.29) is 29.4 Å². The van der Waals surface area contributed by atoms with Crippen LogP contribution in [0.1, 0.15) is 42.7 Å². The van der Waals surface area contributed by atoms with E-state index in [4.69, 9.17) is 26.2 Å². The van der Waals surface area contributed by atoms with Crippen molar-refractivity contribution in [3.05, 3.63) is 76.1 Å². The van der Waals surface area contributed by atoms with Crippen LogP contribution in [0.2, 0.25) is 5.02 Å². The number of carboxylic acids is 1. The Labute approximate surface area is 207 Å². The van der Waals surface area contributed by atoms with Gasteiger partial charge in [0.05, 0.1) is 29.3 Å². The summed E-state index contributed by atoms with van der Waals surface area (Å²) in [6, 6.07) is 15.1. The summed E-state index contributed by atoms with van der Waals surface area (Å²) in [5, 5.41) is 19.4. The van der Waals surface area contributed by atoms with Crippen molar-refractivity contribution in [1.29, 1.82) is 5.26 Å². The standard InChI is InChI=1S/C25H24ClN3O4S/c1-25(2,18-12-16(14-27)23(21(26)13-18)32-11-9-22(30)31)17-4-6-20(7-5-17)33-15-19-8-10-28-24(29-19)34-3/h4-8,10,12-13H,9,11,15H2,1-3H3,(H,30,31). The minimum Gasteiger partial charge on any atom is -0.490 e. The Hall–Kier alpha value is -3.28. The molecule has 3 rings (SSSR count). The van der Waals surface area contributed by atoms with Gasteiger partial charge < -0.3 is 14.6 Å². The van der Waals surface area contributed by atoms with Crippen LogP contribution in [-0.2, 0) is 16.8 Å². The summed E-state index contributed by atoms with van der Waals surface area (Å²) < 4.78 is 11.3. The first-order valence-electron chi connectivity index (χ1n) is 10.4. The molecule has 2 aromatic carbocycles. The Morgan fingerprint density at radius 1 is 1.18 bits per heavy atom. The van der Waals surface area contributed by atoms with Gasteiger partial charge in [0.1, 0.15) is 18.4 Å². The maximum Gasteiger partial charge on any atom is 0.306 e. The first-order valence-corrected chi connectivity index (χ1v) is 12.0. The summed E-state index contributed by atoms with van der Waals surface area (Å²) in [5.41, 5.74) is 2.43. The van der Waals surface area contributed by atoms with Crippen LogP contribution in [0.5, 0.6) is 11.5 Å². The molecule has 7 nitrogen and oxygen atoms in total. The molecule has 0 aliphatic heterocycles. The molecule has 0 spiro atoms. The fraction of sp³-hybridized carbons (Fsp3) is 0.280. The Bertz CT molecular complexity index is 1210. The zero-order valence-electron chi connectivity index (χ0n) is 19.0. The smallest absolute Gasteiger partial charge is 0.306 e. The van der Waals surface area contributed by atoms with Crippen molar-refractivity contribution in [1.82, 2.24) is 9.97 Å². The van der Waals surface area contributed by atoms with E-state index < -0.39 is 11.4 Å². The second-order valence-electron chi connectivity index (χ2n) is 7.91. The molecular weight excluding hydrogens is 474 g/mol. The van der Waals surface area contributed by atoms with Crippen molar-refractivity contribution in [2.45, 2.75) is 37.4 Å². The predicted octanol–water partition coefficient (Wildman–Crippen LogP) is 5.48. The maximum absolute atomic E-state index is 10.7. The molecule has 176 valence electrons. The summed E-state index contributed by atoms with van der Waals surface area (Å²) in [4.78, 5) is 19.3. The maximum atomic E-state index is 10.7. The van der Waals surface area contributed by atoms with Gasteiger partial charge in [0.15, 0.2) is 10.9 Å². The van der Waals surface area contributed by atoms with Crippen LogP contribution in [0.3, 0.4) is 0 Å². The first kappa shape index (κ1) is 25.3. The van der Waals surface area contributed by atoms with Gasteiger partial charge in [0, 0.05) is 11.6 Å². The summed E-state index contributed by atoms with van der Waals surface area (Å²) in [5.74, 6) is -0.0774. The van der Waals surface area contributed by atoms with Gasteiger partial charge in [-0.2, -0.15) is 5.26 Å². The minimum atomic E-state index is -0.985. The van der Waals surface area contributed by atoms with E-state index in [1.165, 1.54) is 11.8 Å². The predicted molar refractivity (Wildman–Crippen MR) is 131 cm³/mol. The van der Waals surface area contributed by atoms with E-state index in [1.54, 1.807) is 18.3 Å². The number of nitrogens with zero attached hydrogens (tertiary/aromatic N) is 3. The quantitative estimate of drug-likeness (QED) is 0.290. The normalized spacial score (nSPS) is 11.0. The number of aliphatic carboxylic acids is 1. The molecule has 0 bridgehead atoms. The van der Waals surface area contributed by atoms with Crippen molar-refractivity contribution < 1.29 is 19.4 Å². The number of benzene rings is 2. The van der Waals surface area contributed by atoms with Crippen LogP contribution in [0.15, 0.2) is 53.8 Å². The summed E-state index contributed by atoms with van der Waals surface area (Å²) in [6.45, 7) is 4.34. The highest BCUT2D eigenvalue weighted by Crippen LogP contribution is 2.38. The molecule has 0 aliphatic rings. The Balaban J connectivity index is 1.76. The molecule has 3 aromatic rings. The summed E-state index contributed by atoms with van der Waals surface area (Å²) in [7, 11) is 0. The second kappa shape index (κ2) is 11.2. The number of nitriles is 1. The monoisotopic (exact) mass is 497 g/mol. The summed E-state index contributed by atoms with van der Waals surface area (Å²) in [6.07, 6.45) is 3.46. The SMILES string of the molecule is CSc1nccc(COc2ccc(C(C)(C)c3cc(Cl)c(OCCC(=O)O)c(C#N)c3)cc2)n1. The van der Waals surface area contributed by atoms with Crippen molar-refractivity contribution in [2.24, 2.45) is 0 Å². The topological polar surface area (TPSA) is 105 Å². The summed E-state index contributed by atoms with van der Waals surface area (Å²) >= 11 is 7.89. The van der Waals surface area contributed by atoms with Gasteiger partial charge >= 0.3 is 5.97 Å². The third-order valence-corrected chi connectivity index (χ3v) is 6.13. The van der Waals surface area contributed by atoms with Crippen LogP contribution in [0.4, 0.5) is 0 Å². The molecule has 0 amide bonds. The van der Waals surface area contributed by atoms with Crippen LogP contribution in [0, 0.1) is 11.3 Å². The molecular formula is C25H24ClN3O4S. The molecule has 0 radical (unpaired) electrons. The lowest BCUT2D eigenvalue weighted by Crippen LogP contribution is -2.19. The van der Waals surface area contributed by atoms with E-state index in [0.29, 0.717) is 17.5 Å². The van der Waals surface area contributed by atoms with Gasteiger partial charge in [-0.25, -0.2) is 9.97 Å². The highest BCUT2D eigenvalue weighted by Gasteiger charge is 2.26. The van der Waals surface area contributed by atoms with Gasteiger partial charge in [-0.3, -0.25) is 4.79 Å². The minimum absolute atomic E-state index is 0.0679. The van der Waals surface area contributed by atoms with Gasteiger partial charge in [0.2, 0.25) is 0 Å². The molecule has 1 heterocycles. The lowest BCUT2D eigenvalue weighted by Gasteiger charge is -2.27.